The average molecular weight is 246 g/mol. The van der Waals surface area contributed by atoms with Crippen molar-refractivity contribution in [3.63, 3.8) is 0 Å². The van der Waals surface area contributed by atoms with Crippen molar-refractivity contribution in [1.29, 1.82) is 0 Å². The molecule has 1 aromatic rings. The Labute approximate surface area is 92.8 Å². The van der Waals surface area contributed by atoms with Gasteiger partial charge in [-0.15, -0.1) is 0 Å². The van der Waals surface area contributed by atoms with Crippen LogP contribution in [0.5, 0.6) is 5.75 Å². The predicted octanol–water partition coefficient (Wildman–Crippen LogP) is 0.0224. The van der Waals surface area contributed by atoms with Gasteiger partial charge in [-0.3, -0.25) is 0 Å². The third-order valence-electron chi connectivity index (χ3n) is 1.67. The van der Waals surface area contributed by atoms with Crippen molar-refractivity contribution in [1.82, 2.24) is 0 Å². The van der Waals surface area contributed by atoms with E-state index in [1.165, 1.54) is 14.2 Å². The molecule has 0 aliphatic heterocycles. The first-order valence-corrected chi connectivity index (χ1v) is 6.77. The van der Waals surface area contributed by atoms with Gasteiger partial charge in [-0.25, -0.2) is 0 Å². The van der Waals surface area contributed by atoms with Gasteiger partial charge in [-0.05, 0) is 12.1 Å². The monoisotopic (exact) mass is 246 g/mol. The lowest BCUT2D eigenvalue weighted by Crippen LogP contribution is -2.50. The molecule has 0 spiro atoms. The molecule has 0 saturated heterocycles. The highest BCUT2D eigenvalue weighted by molar-refractivity contribution is 6.54. The highest BCUT2D eigenvalue weighted by atomic mass is 28.4. The summed E-state index contributed by atoms with van der Waals surface area (Å²) in [5, 5.41) is 0. The standard InChI is InChI=1S/C8H14O5Si2/c1-9-15(10-2,13-12-14)11-8-6-4-3-5-7-8/h3-7H,1-2,14H3. The summed E-state index contributed by atoms with van der Waals surface area (Å²) in [6, 6.07) is 9.16. The molecule has 0 aliphatic rings. The van der Waals surface area contributed by atoms with Gasteiger partial charge in [0.25, 0.3) is 0 Å². The van der Waals surface area contributed by atoms with Crippen molar-refractivity contribution in [3.05, 3.63) is 30.3 Å². The fourth-order valence-electron chi connectivity index (χ4n) is 0.987. The molecule has 7 heteroatoms. The zero-order valence-corrected chi connectivity index (χ0v) is 11.9. The van der Waals surface area contributed by atoms with Crippen LogP contribution in [-0.4, -0.2) is 33.8 Å². The van der Waals surface area contributed by atoms with Crippen LogP contribution in [0, 0.1) is 0 Å². The van der Waals surface area contributed by atoms with Crippen LogP contribution in [0.1, 0.15) is 0 Å². The second kappa shape index (κ2) is 6.00. The zero-order chi connectivity index (χ0) is 11.1. The normalized spacial score (nSPS) is 11.6. The Hall–Kier alpha value is -0.706. The summed E-state index contributed by atoms with van der Waals surface area (Å²) in [4.78, 5) is 0. The largest absolute Gasteiger partial charge is 0.776 e. The highest BCUT2D eigenvalue weighted by Gasteiger charge is 2.48. The topological polar surface area (TPSA) is 46.2 Å². The summed E-state index contributed by atoms with van der Waals surface area (Å²) in [6.45, 7) is 0. The minimum Gasteiger partial charge on any atom is -0.479 e. The van der Waals surface area contributed by atoms with Crippen LogP contribution in [0.2, 0.25) is 0 Å². The number of benzene rings is 1. The molecule has 0 saturated carbocycles. The molecular weight excluding hydrogens is 232 g/mol. The van der Waals surface area contributed by atoms with Gasteiger partial charge >= 0.3 is 9.05 Å². The summed E-state index contributed by atoms with van der Waals surface area (Å²) in [7, 11) is 0.162. The summed E-state index contributed by atoms with van der Waals surface area (Å²) in [5.41, 5.74) is 0. The van der Waals surface area contributed by atoms with E-state index in [0.717, 1.165) is 0 Å². The lowest BCUT2D eigenvalue weighted by molar-refractivity contribution is -0.178. The molecule has 0 unspecified atom stereocenters. The molecule has 15 heavy (non-hydrogen) atoms. The first-order chi connectivity index (χ1) is 7.26. The number of hydrogen-bond acceptors (Lipinski definition) is 5. The lowest BCUT2D eigenvalue weighted by atomic mass is 10.3. The molecule has 84 valence electrons. The first kappa shape index (κ1) is 12.4. The molecule has 0 aromatic heterocycles. The Kier molecular flexibility index (Phi) is 4.95. The second-order valence-electron chi connectivity index (χ2n) is 2.57. The smallest absolute Gasteiger partial charge is 0.479 e. The zero-order valence-electron chi connectivity index (χ0n) is 8.93. The first-order valence-electron chi connectivity index (χ1n) is 4.32. The van der Waals surface area contributed by atoms with Crippen LogP contribution in [0.3, 0.4) is 0 Å². The number of hydrogen-bond donors (Lipinski definition) is 0. The van der Waals surface area contributed by atoms with Crippen molar-refractivity contribution < 1.29 is 22.4 Å². The highest BCUT2D eigenvalue weighted by Crippen LogP contribution is 2.17. The van der Waals surface area contributed by atoms with Crippen LogP contribution in [0.4, 0.5) is 0 Å². The van der Waals surface area contributed by atoms with Crippen LogP contribution >= 0.6 is 0 Å². The van der Waals surface area contributed by atoms with Crippen LogP contribution in [-0.2, 0) is 18.0 Å². The lowest BCUT2D eigenvalue weighted by Gasteiger charge is -2.23. The molecule has 0 bridgehead atoms. The van der Waals surface area contributed by atoms with Crippen molar-refractivity contribution in [3.8, 4) is 5.75 Å². The van der Waals surface area contributed by atoms with Gasteiger partial charge in [0.1, 0.15) is 5.75 Å². The van der Waals surface area contributed by atoms with Gasteiger partial charge in [-0.1, -0.05) is 18.2 Å². The molecule has 0 atom stereocenters. The summed E-state index contributed by atoms with van der Waals surface area (Å²) < 4.78 is 25.4. The Morgan fingerprint density at radius 1 is 1.07 bits per heavy atom. The number of rotatable bonds is 6. The van der Waals surface area contributed by atoms with E-state index >= 15 is 0 Å². The van der Waals surface area contributed by atoms with Gasteiger partial charge < -0.3 is 17.9 Å². The van der Waals surface area contributed by atoms with E-state index < -0.39 is 9.05 Å². The minimum absolute atomic E-state index is 0.418. The maximum atomic E-state index is 5.51. The van der Waals surface area contributed by atoms with Crippen molar-refractivity contribution in [2.75, 3.05) is 14.2 Å². The average Bonchev–Trinajstić information content (AvgIpc) is 2.30. The van der Waals surface area contributed by atoms with Crippen LogP contribution in [0.15, 0.2) is 30.3 Å². The Bertz CT molecular complexity index is 278. The maximum Gasteiger partial charge on any atom is 0.776 e. The van der Waals surface area contributed by atoms with Crippen LogP contribution in [0.25, 0.3) is 0 Å². The van der Waals surface area contributed by atoms with Crippen LogP contribution < -0.4 is 4.43 Å². The molecule has 0 aliphatic carbocycles. The molecular formula is C8H14O5Si2. The van der Waals surface area contributed by atoms with E-state index in [-0.39, 0.29) is 0 Å². The maximum absolute atomic E-state index is 5.51. The Morgan fingerprint density at radius 3 is 2.13 bits per heavy atom. The summed E-state index contributed by atoms with van der Waals surface area (Å²) >= 11 is 0. The van der Waals surface area contributed by atoms with Crippen molar-refractivity contribution in [2.45, 2.75) is 0 Å². The third kappa shape index (κ3) is 3.41. The van der Waals surface area contributed by atoms with Gasteiger partial charge in [-0.2, -0.15) is 4.58 Å². The van der Waals surface area contributed by atoms with E-state index in [0.29, 0.717) is 16.2 Å². The van der Waals surface area contributed by atoms with E-state index in [1.54, 1.807) is 12.1 Å². The summed E-state index contributed by atoms with van der Waals surface area (Å²) in [5.74, 6) is 0.617. The van der Waals surface area contributed by atoms with Crippen molar-refractivity contribution in [2.24, 2.45) is 0 Å². The van der Waals surface area contributed by atoms with Crippen molar-refractivity contribution >= 4 is 19.5 Å². The molecule has 0 fully saturated rings. The fourth-order valence-corrected chi connectivity index (χ4v) is 2.73. The Balaban J connectivity index is 2.74. The molecule has 1 aromatic carbocycles. The number of para-hydroxylation sites is 1. The van der Waals surface area contributed by atoms with Gasteiger partial charge in [0.15, 0.2) is 10.5 Å². The van der Waals surface area contributed by atoms with Gasteiger partial charge in [0.2, 0.25) is 0 Å². The molecule has 0 heterocycles. The fraction of sp³-hybridized carbons (Fsp3) is 0.250. The van der Waals surface area contributed by atoms with Gasteiger partial charge in [0.05, 0.1) is 0 Å². The Morgan fingerprint density at radius 2 is 1.67 bits per heavy atom. The molecule has 0 N–H and O–H groups in total. The van der Waals surface area contributed by atoms with Gasteiger partial charge in [0, 0.05) is 14.2 Å². The minimum atomic E-state index is -3.17. The predicted molar refractivity (Wildman–Crippen MR) is 59.0 cm³/mol. The second-order valence-corrected chi connectivity index (χ2v) is 5.09. The van der Waals surface area contributed by atoms with E-state index in [2.05, 4.69) is 4.58 Å². The summed E-state index contributed by atoms with van der Waals surface area (Å²) in [6.07, 6.45) is 0. The third-order valence-corrected chi connectivity index (χ3v) is 4.03. The van der Waals surface area contributed by atoms with E-state index in [4.69, 9.17) is 17.9 Å². The van der Waals surface area contributed by atoms with E-state index in [9.17, 15) is 0 Å². The quantitative estimate of drug-likeness (QED) is 0.402. The molecule has 0 amide bonds. The SMILES string of the molecule is CO[Si](OC)(OO[SiH3])Oc1ccccc1. The van der Waals surface area contributed by atoms with E-state index in [1.807, 2.05) is 18.2 Å². The molecule has 0 radical (unpaired) electrons. The molecule has 5 nitrogen and oxygen atoms in total. The molecule has 1 rings (SSSR count).